The molecule has 0 aliphatic heterocycles. The van der Waals surface area contributed by atoms with Crippen LogP contribution in [-0.4, -0.2) is 32.2 Å². The van der Waals surface area contributed by atoms with E-state index in [0.717, 1.165) is 11.1 Å². The quantitative estimate of drug-likeness (QED) is 0.665. The van der Waals surface area contributed by atoms with Crippen molar-refractivity contribution < 1.29 is 14.3 Å². The number of hydrogen-bond acceptors (Lipinski definition) is 6. The molecule has 0 saturated heterocycles. The van der Waals surface area contributed by atoms with Crippen LogP contribution in [0.3, 0.4) is 0 Å². The van der Waals surface area contributed by atoms with Gasteiger partial charge in [0.2, 0.25) is 5.88 Å². The first kappa shape index (κ1) is 16.9. The summed E-state index contributed by atoms with van der Waals surface area (Å²) in [5, 5.41) is 4.01. The molecular formula is C18H20N4O3. The van der Waals surface area contributed by atoms with Crippen molar-refractivity contribution in [1.82, 2.24) is 19.6 Å². The molecule has 25 heavy (non-hydrogen) atoms. The second-order valence-electron chi connectivity index (χ2n) is 6.17. The molecule has 1 aromatic carbocycles. The Hall–Kier alpha value is -2.96. The third-order valence-corrected chi connectivity index (χ3v) is 3.70. The minimum Gasteiger partial charge on any atom is -0.482 e. The number of nitrogens with zero attached hydrogens (tertiary/aromatic N) is 4. The molecule has 7 heteroatoms. The van der Waals surface area contributed by atoms with E-state index in [2.05, 4.69) is 28.9 Å². The summed E-state index contributed by atoms with van der Waals surface area (Å²) in [6.07, 6.45) is 1.36. The van der Waals surface area contributed by atoms with Crippen LogP contribution < -0.4 is 9.47 Å². The van der Waals surface area contributed by atoms with Crippen LogP contribution in [0, 0.1) is 13.8 Å². The van der Waals surface area contributed by atoms with Crippen molar-refractivity contribution in [3.05, 3.63) is 47.4 Å². The predicted molar refractivity (Wildman–Crippen MR) is 91.9 cm³/mol. The first-order valence-electron chi connectivity index (χ1n) is 8.05. The summed E-state index contributed by atoms with van der Waals surface area (Å²) in [5.74, 6) is 1.12. The first-order valence-corrected chi connectivity index (χ1v) is 8.05. The molecule has 3 rings (SSSR count). The molecule has 0 radical (unpaired) electrons. The maximum absolute atomic E-state index is 12.2. The third-order valence-electron chi connectivity index (χ3n) is 3.70. The average Bonchev–Trinajstić information content (AvgIpc) is 3.01. The van der Waals surface area contributed by atoms with Crippen LogP contribution in [0.2, 0.25) is 0 Å². The molecule has 2 aromatic heterocycles. The van der Waals surface area contributed by atoms with Gasteiger partial charge in [-0.2, -0.15) is 14.6 Å². The van der Waals surface area contributed by atoms with E-state index in [4.69, 9.17) is 9.47 Å². The van der Waals surface area contributed by atoms with Crippen molar-refractivity contribution in [1.29, 1.82) is 0 Å². The van der Waals surface area contributed by atoms with E-state index in [-0.39, 0.29) is 12.5 Å². The van der Waals surface area contributed by atoms with Crippen LogP contribution in [0.1, 0.15) is 36.6 Å². The van der Waals surface area contributed by atoms with Gasteiger partial charge in [-0.05, 0) is 37.0 Å². The fourth-order valence-electron chi connectivity index (χ4n) is 2.50. The number of ether oxygens (including phenoxy) is 2. The lowest BCUT2D eigenvalue weighted by molar-refractivity contribution is -0.137. The molecule has 0 amide bonds. The molecule has 0 bridgehead atoms. The Kier molecular flexibility index (Phi) is 4.65. The lowest BCUT2D eigenvalue weighted by Gasteiger charge is -2.14. The number of esters is 1. The third kappa shape index (κ3) is 3.76. The summed E-state index contributed by atoms with van der Waals surface area (Å²) in [5.41, 5.74) is 2.81. The zero-order valence-electron chi connectivity index (χ0n) is 14.7. The number of aromatic nitrogens is 4. The van der Waals surface area contributed by atoms with E-state index >= 15 is 0 Å². The fraction of sp³-hybridized carbons (Fsp3) is 0.333. The lowest BCUT2D eigenvalue weighted by atomic mass is 10.0. The number of rotatable bonds is 5. The Bertz CT molecular complexity index is 918. The molecule has 0 atom stereocenters. The van der Waals surface area contributed by atoms with Gasteiger partial charge in [0.1, 0.15) is 12.1 Å². The number of hydrogen-bond donors (Lipinski definition) is 0. The van der Waals surface area contributed by atoms with Crippen molar-refractivity contribution in [2.75, 3.05) is 6.61 Å². The Morgan fingerprint density at radius 2 is 2.04 bits per heavy atom. The van der Waals surface area contributed by atoms with Crippen LogP contribution in [0.25, 0.3) is 5.78 Å². The fourth-order valence-corrected chi connectivity index (χ4v) is 2.50. The van der Waals surface area contributed by atoms with Crippen LogP contribution in [0.5, 0.6) is 11.6 Å². The maximum Gasteiger partial charge on any atom is 0.350 e. The normalized spacial score (nSPS) is 11.1. The van der Waals surface area contributed by atoms with Gasteiger partial charge in [-0.15, -0.1) is 0 Å². The minimum atomic E-state index is -0.515. The Morgan fingerprint density at radius 1 is 1.24 bits per heavy atom. The van der Waals surface area contributed by atoms with Gasteiger partial charge in [0.05, 0.1) is 0 Å². The molecule has 3 aromatic rings. The molecule has 0 unspecified atom stereocenters. The monoisotopic (exact) mass is 340 g/mol. The van der Waals surface area contributed by atoms with Gasteiger partial charge in [-0.1, -0.05) is 26.0 Å². The summed E-state index contributed by atoms with van der Waals surface area (Å²) >= 11 is 0. The van der Waals surface area contributed by atoms with E-state index in [1.165, 1.54) is 10.8 Å². The van der Waals surface area contributed by atoms with Crippen LogP contribution in [0.15, 0.2) is 30.6 Å². The highest BCUT2D eigenvalue weighted by Gasteiger charge is 2.14. The van der Waals surface area contributed by atoms with Gasteiger partial charge in [0.25, 0.3) is 5.78 Å². The molecule has 0 spiro atoms. The number of carbonyl (C=O) groups is 1. The molecule has 2 heterocycles. The van der Waals surface area contributed by atoms with E-state index in [1.807, 2.05) is 25.1 Å². The Labute approximate surface area is 145 Å². The maximum atomic E-state index is 12.2. The van der Waals surface area contributed by atoms with Crippen molar-refractivity contribution >= 4 is 11.7 Å². The highest BCUT2D eigenvalue weighted by atomic mass is 16.6. The second-order valence-corrected chi connectivity index (χ2v) is 6.17. The zero-order chi connectivity index (χ0) is 18.0. The van der Waals surface area contributed by atoms with Crippen molar-refractivity contribution in [3.8, 4) is 11.6 Å². The Balaban J connectivity index is 1.73. The number of carbonyl (C=O) groups excluding carboxylic acids is 1. The van der Waals surface area contributed by atoms with Crippen LogP contribution in [0.4, 0.5) is 0 Å². The van der Waals surface area contributed by atoms with Gasteiger partial charge >= 0.3 is 5.97 Å². The topological polar surface area (TPSA) is 78.6 Å². The predicted octanol–water partition coefficient (Wildman–Crippen LogP) is 2.85. The van der Waals surface area contributed by atoms with Crippen molar-refractivity contribution in [3.63, 3.8) is 0 Å². The SMILES string of the molecule is Cc1ccc(C(C)C)c(OCC(=O)Oc2cc(C)nc3ncnn23)c1. The molecule has 0 N–H and O–H groups in total. The summed E-state index contributed by atoms with van der Waals surface area (Å²) in [7, 11) is 0. The van der Waals surface area contributed by atoms with E-state index in [1.54, 1.807) is 13.0 Å². The van der Waals surface area contributed by atoms with Gasteiger partial charge in [-0.25, -0.2) is 9.78 Å². The zero-order valence-corrected chi connectivity index (χ0v) is 14.7. The molecular weight excluding hydrogens is 320 g/mol. The number of aryl methyl sites for hydroxylation is 2. The van der Waals surface area contributed by atoms with Gasteiger partial charge in [0, 0.05) is 11.8 Å². The lowest BCUT2D eigenvalue weighted by Crippen LogP contribution is -2.20. The van der Waals surface area contributed by atoms with Gasteiger partial charge in [0.15, 0.2) is 6.61 Å². The van der Waals surface area contributed by atoms with Crippen LogP contribution in [-0.2, 0) is 4.79 Å². The van der Waals surface area contributed by atoms with Gasteiger partial charge < -0.3 is 9.47 Å². The number of benzene rings is 1. The molecule has 130 valence electrons. The average molecular weight is 340 g/mol. The summed E-state index contributed by atoms with van der Waals surface area (Å²) in [6, 6.07) is 7.61. The summed E-state index contributed by atoms with van der Waals surface area (Å²) in [6.45, 7) is 7.75. The smallest absolute Gasteiger partial charge is 0.350 e. The minimum absolute atomic E-state index is 0.194. The van der Waals surface area contributed by atoms with E-state index in [0.29, 0.717) is 23.1 Å². The molecule has 0 aliphatic rings. The van der Waals surface area contributed by atoms with Gasteiger partial charge in [-0.3, -0.25) is 0 Å². The molecule has 0 fully saturated rings. The van der Waals surface area contributed by atoms with E-state index in [9.17, 15) is 4.79 Å². The second kappa shape index (κ2) is 6.88. The molecule has 0 saturated carbocycles. The Morgan fingerprint density at radius 3 is 2.80 bits per heavy atom. The summed E-state index contributed by atoms with van der Waals surface area (Å²) < 4.78 is 12.4. The van der Waals surface area contributed by atoms with Crippen molar-refractivity contribution in [2.45, 2.75) is 33.6 Å². The molecule has 0 aliphatic carbocycles. The number of fused-ring (bicyclic) bond motifs is 1. The van der Waals surface area contributed by atoms with Crippen molar-refractivity contribution in [2.24, 2.45) is 0 Å². The first-order chi connectivity index (χ1) is 11.9. The van der Waals surface area contributed by atoms with Crippen LogP contribution >= 0.6 is 0 Å². The summed E-state index contributed by atoms with van der Waals surface area (Å²) in [4.78, 5) is 20.4. The largest absolute Gasteiger partial charge is 0.482 e. The van der Waals surface area contributed by atoms with E-state index < -0.39 is 5.97 Å². The highest BCUT2D eigenvalue weighted by Crippen LogP contribution is 2.27. The highest BCUT2D eigenvalue weighted by molar-refractivity contribution is 5.73. The standard InChI is InChI=1S/C18H20N4O3/c1-11(2)14-6-5-12(3)7-15(14)24-9-17(23)25-16-8-13(4)21-18-19-10-20-22(16)18/h5-8,10-11H,9H2,1-4H3. The molecule has 7 nitrogen and oxygen atoms in total.